The Balaban J connectivity index is 1.72. The molecule has 0 aromatic heterocycles. The molecular weight excluding hydrogens is 471 g/mol. The lowest BCUT2D eigenvalue weighted by atomic mass is 10.1. The van der Waals surface area contributed by atoms with E-state index in [9.17, 15) is 4.79 Å². The third-order valence-electron chi connectivity index (χ3n) is 4.53. The highest BCUT2D eigenvalue weighted by Gasteiger charge is 2.13. The van der Waals surface area contributed by atoms with Crippen molar-refractivity contribution in [2.45, 2.75) is 27.0 Å². The first kappa shape index (κ1) is 24.1. The van der Waals surface area contributed by atoms with Crippen LogP contribution >= 0.6 is 34.8 Å². The third kappa shape index (κ3) is 6.45. The number of amides is 1. The van der Waals surface area contributed by atoms with E-state index in [2.05, 4.69) is 10.6 Å². The molecule has 0 aliphatic carbocycles. The van der Waals surface area contributed by atoms with E-state index in [0.717, 1.165) is 16.9 Å². The van der Waals surface area contributed by atoms with E-state index in [0.29, 0.717) is 45.3 Å². The molecule has 0 aliphatic heterocycles. The third-order valence-corrected chi connectivity index (χ3v) is 5.59. The molecule has 0 atom stereocenters. The van der Waals surface area contributed by atoms with Crippen LogP contribution in [0.5, 0.6) is 11.5 Å². The molecule has 0 heterocycles. The fraction of sp³-hybridized carbons (Fsp3) is 0.208. The normalized spacial score (nSPS) is 10.5. The average Bonchev–Trinajstić information content (AvgIpc) is 2.75. The van der Waals surface area contributed by atoms with Crippen molar-refractivity contribution in [3.8, 4) is 11.5 Å². The molecule has 0 fully saturated rings. The number of hydrogen-bond acceptors (Lipinski definition) is 4. The first-order valence-corrected chi connectivity index (χ1v) is 11.1. The predicted octanol–water partition coefficient (Wildman–Crippen LogP) is 7.20. The molecule has 168 valence electrons. The van der Waals surface area contributed by atoms with Gasteiger partial charge in [0.15, 0.2) is 11.5 Å². The predicted molar refractivity (Wildman–Crippen MR) is 131 cm³/mol. The van der Waals surface area contributed by atoms with Crippen LogP contribution in [0.15, 0.2) is 54.6 Å². The van der Waals surface area contributed by atoms with Gasteiger partial charge in [0.25, 0.3) is 0 Å². The Bertz CT molecular complexity index is 1070. The molecule has 8 heteroatoms. The zero-order chi connectivity index (χ0) is 23.1. The van der Waals surface area contributed by atoms with Crippen LogP contribution in [0.25, 0.3) is 0 Å². The van der Waals surface area contributed by atoms with Crippen molar-refractivity contribution in [2.75, 3.05) is 17.2 Å². The van der Waals surface area contributed by atoms with Crippen LogP contribution in [0.3, 0.4) is 0 Å². The van der Waals surface area contributed by atoms with Crippen molar-refractivity contribution in [3.05, 3.63) is 80.8 Å². The molecular formula is C24H23Cl3N2O3. The Morgan fingerprint density at radius 3 is 2.12 bits per heavy atom. The molecule has 0 aliphatic rings. The minimum atomic E-state index is -0.111. The molecule has 0 bridgehead atoms. The number of benzene rings is 3. The maximum absolute atomic E-state index is 11.1. The summed E-state index contributed by atoms with van der Waals surface area (Å²) in [5, 5.41) is 7.66. The van der Waals surface area contributed by atoms with E-state index in [4.69, 9.17) is 44.3 Å². The molecule has 3 aromatic rings. The van der Waals surface area contributed by atoms with Gasteiger partial charge in [-0.15, -0.1) is 0 Å². The number of anilines is 2. The van der Waals surface area contributed by atoms with E-state index < -0.39 is 0 Å². The fourth-order valence-electron chi connectivity index (χ4n) is 2.99. The Morgan fingerprint density at radius 1 is 0.875 bits per heavy atom. The number of halogens is 3. The van der Waals surface area contributed by atoms with E-state index in [1.54, 1.807) is 24.3 Å². The Hall–Kier alpha value is -2.60. The van der Waals surface area contributed by atoms with Crippen LogP contribution < -0.4 is 20.1 Å². The Kier molecular flexibility index (Phi) is 8.51. The van der Waals surface area contributed by atoms with E-state index in [1.807, 2.05) is 37.3 Å². The number of rotatable bonds is 9. The van der Waals surface area contributed by atoms with E-state index in [1.165, 1.54) is 6.92 Å². The van der Waals surface area contributed by atoms with Gasteiger partial charge in [-0.3, -0.25) is 4.79 Å². The standard InChI is InChI=1S/C24H23Cl3N2O3/c1-3-31-23-11-16(13-28-17-7-9-18(10-8-17)29-15(2)30)22(27)12-24(23)32-14-19-20(25)5-4-6-21(19)26/h4-12,28H,3,13-14H2,1-2H3,(H,29,30). The average molecular weight is 494 g/mol. The molecule has 0 spiro atoms. The smallest absolute Gasteiger partial charge is 0.221 e. The SMILES string of the molecule is CCOc1cc(CNc2ccc(NC(C)=O)cc2)c(Cl)cc1OCc1c(Cl)cccc1Cl. The minimum absolute atomic E-state index is 0.111. The van der Waals surface area contributed by atoms with Crippen LogP contribution in [-0.4, -0.2) is 12.5 Å². The van der Waals surface area contributed by atoms with Gasteiger partial charge in [0.2, 0.25) is 5.91 Å². The van der Waals surface area contributed by atoms with Crippen molar-refractivity contribution in [3.63, 3.8) is 0 Å². The molecule has 3 rings (SSSR count). The Morgan fingerprint density at radius 2 is 1.50 bits per heavy atom. The zero-order valence-electron chi connectivity index (χ0n) is 17.7. The largest absolute Gasteiger partial charge is 0.490 e. The first-order valence-electron chi connectivity index (χ1n) is 9.99. The summed E-state index contributed by atoms with van der Waals surface area (Å²) in [5.74, 6) is 0.981. The van der Waals surface area contributed by atoms with Gasteiger partial charge < -0.3 is 20.1 Å². The highest BCUT2D eigenvalue weighted by Crippen LogP contribution is 2.35. The summed E-state index contributed by atoms with van der Waals surface area (Å²) >= 11 is 19.0. The number of hydrogen-bond donors (Lipinski definition) is 2. The van der Waals surface area contributed by atoms with Crippen molar-refractivity contribution >= 4 is 52.1 Å². The van der Waals surface area contributed by atoms with Gasteiger partial charge >= 0.3 is 0 Å². The van der Waals surface area contributed by atoms with Crippen LogP contribution in [0.1, 0.15) is 25.0 Å². The summed E-state index contributed by atoms with van der Waals surface area (Å²) in [4.78, 5) is 11.1. The zero-order valence-corrected chi connectivity index (χ0v) is 19.9. The van der Waals surface area contributed by atoms with Gasteiger partial charge in [-0.05, 0) is 55.0 Å². The van der Waals surface area contributed by atoms with Gasteiger partial charge in [-0.25, -0.2) is 0 Å². The minimum Gasteiger partial charge on any atom is -0.490 e. The number of carbonyl (C=O) groups is 1. The molecule has 5 nitrogen and oxygen atoms in total. The Labute approximate surface area is 202 Å². The lowest BCUT2D eigenvalue weighted by Gasteiger charge is -2.16. The maximum Gasteiger partial charge on any atom is 0.221 e. The quantitative estimate of drug-likeness (QED) is 0.331. The van der Waals surface area contributed by atoms with Crippen LogP contribution in [0.4, 0.5) is 11.4 Å². The molecule has 0 unspecified atom stereocenters. The summed E-state index contributed by atoms with van der Waals surface area (Å²) < 4.78 is 11.7. The van der Waals surface area contributed by atoms with Crippen LogP contribution in [-0.2, 0) is 17.9 Å². The fourth-order valence-corrected chi connectivity index (χ4v) is 3.71. The molecule has 0 saturated carbocycles. The summed E-state index contributed by atoms with van der Waals surface area (Å²) in [5.41, 5.74) is 3.17. The lowest BCUT2D eigenvalue weighted by molar-refractivity contribution is -0.114. The van der Waals surface area contributed by atoms with Crippen LogP contribution in [0, 0.1) is 0 Å². The van der Waals surface area contributed by atoms with Gasteiger partial charge in [-0.2, -0.15) is 0 Å². The molecule has 1 amide bonds. The maximum atomic E-state index is 11.1. The van der Waals surface area contributed by atoms with Crippen LogP contribution in [0.2, 0.25) is 15.1 Å². The van der Waals surface area contributed by atoms with E-state index >= 15 is 0 Å². The summed E-state index contributed by atoms with van der Waals surface area (Å²) in [6.45, 7) is 4.52. The topological polar surface area (TPSA) is 59.6 Å². The molecule has 0 saturated heterocycles. The summed E-state index contributed by atoms with van der Waals surface area (Å²) in [6.07, 6.45) is 0. The second-order valence-electron chi connectivity index (χ2n) is 6.92. The number of carbonyl (C=O) groups excluding carboxylic acids is 1. The van der Waals surface area contributed by atoms with Crippen molar-refractivity contribution in [1.82, 2.24) is 0 Å². The van der Waals surface area contributed by atoms with Crippen molar-refractivity contribution in [1.29, 1.82) is 0 Å². The molecule has 2 N–H and O–H groups in total. The van der Waals surface area contributed by atoms with Gasteiger partial charge in [0.05, 0.1) is 6.61 Å². The second-order valence-corrected chi connectivity index (χ2v) is 8.15. The molecule has 32 heavy (non-hydrogen) atoms. The second kappa shape index (κ2) is 11.3. The van der Waals surface area contributed by atoms with Gasteiger partial charge in [-0.1, -0.05) is 40.9 Å². The molecule has 3 aromatic carbocycles. The summed E-state index contributed by atoms with van der Waals surface area (Å²) in [7, 11) is 0. The number of ether oxygens (including phenoxy) is 2. The first-order chi connectivity index (χ1) is 15.4. The number of nitrogens with one attached hydrogen (secondary N) is 2. The highest BCUT2D eigenvalue weighted by atomic mass is 35.5. The highest BCUT2D eigenvalue weighted by molar-refractivity contribution is 6.36. The monoisotopic (exact) mass is 492 g/mol. The molecule has 0 radical (unpaired) electrons. The van der Waals surface area contributed by atoms with E-state index in [-0.39, 0.29) is 12.5 Å². The van der Waals surface area contributed by atoms with Crippen molar-refractivity contribution in [2.24, 2.45) is 0 Å². The van der Waals surface area contributed by atoms with Gasteiger partial charge in [0, 0.05) is 51.5 Å². The van der Waals surface area contributed by atoms with Gasteiger partial charge in [0.1, 0.15) is 6.61 Å². The summed E-state index contributed by atoms with van der Waals surface area (Å²) in [6, 6.07) is 16.3. The lowest BCUT2D eigenvalue weighted by Crippen LogP contribution is -2.06. The van der Waals surface area contributed by atoms with Crippen molar-refractivity contribution < 1.29 is 14.3 Å².